The molecular weight excluding hydrogens is 364 g/mol. The van der Waals surface area contributed by atoms with E-state index < -0.39 is 0 Å². The molecule has 2 heteroatoms. The van der Waals surface area contributed by atoms with Gasteiger partial charge in [0, 0.05) is 12.5 Å². The van der Waals surface area contributed by atoms with Crippen LogP contribution in [-0.4, -0.2) is 9.55 Å². The van der Waals surface area contributed by atoms with Crippen molar-refractivity contribution in [1.82, 2.24) is 9.55 Å². The lowest BCUT2D eigenvalue weighted by molar-refractivity contribution is 0.787. The second-order valence-electron chi connectivity index (χ2n) is 7.95. The first-order valence-corrected chi connectivity index (χ1v) is 10.5. The Morgan fingerprint density at radius 2 is 1.50 bits per heavy atom. The molecule has 1 atom stereocenters. The van der Waals surface area contributed by atoms with E-state index in [1.54, 1.807) is 0 Å². The minimum absolute atomic E-state index is 0.339. The van der Waals surface area contributed by atoms with Gasteiger partial charge in [-0.3, -0.25) is 0 Å². The van der Waals surface area contributed by atoms with E-state index in [0.29, 0.717) is 5.92 Å². The predicted octanol–water partition coefficient (Wildman–Crippen LogP) is 6.78. The predicted molar refractivity (Wildman–Crippen MR) is 126 cm³/mol. The molecule has 150 valence electrons. The molecule has 0 aliphatic carbocycles. The smallest absolute Gasteiger partial charge is 0.0953 e. The summed E-state index contributed by atoms with van der Waals surface area (Å²) in [4.78, 5) is 4.37. The van der Waals surface area contributed by atoms with E-state index in [9.17, 15) is 0 Å². The molecule has 0 spiro atoms. The van der Waals surface area contributed by atoms with Crippen molar-refractivity contribution in [2.75, 3.05) is 0 Å². The van der Waals surface area contributed by atoms with Crippen molar-refractivity contribution in [1.29, 1.82) is 0 Å². The van der Waals surface area contributed by atoms with Crippen LogP contribution in [0.5, 0.6) is 0 Å². The number of hydrogen-bond donors (Lipinski definition) is 0. The molecule has 2 nitrogen and oxygen atoms in total. The SMILES string of the molecule is Cc1cc(C)cc(C(CC=Cc2cncn2Cc2ccccc2)c2ccccc2)c1. The van der Waals surface area contributed by atoms with Crippen LogP contribution in [0.1, 0.15) is 45.8 Å². The Labute approximate surface area is 179 Å². The molecule has 0 saturated carbocycles. The van der Waals surface area contributed by atoms with Crippen molar-refractivity contribution in [3.63, 3.8) is 0 Å². The third kappa shape index (κ3) is 4.96. The second-order valence-corrected chi connectivity index (χ2v) is 7.95. The van der Waals surface area contributed by atoms with Crippen LogP contribution in [0.25, 0.3) is 6.08 Å². The van der Waals surface area contributed by atoms with Crippen LogP contribution in [0.4, 0.5) is 0 Å². The summed E-state index contributed by atoms with van der Waals surface area (Å²) in [6.45, 7) is 5.19. The number of allylic oxidation sites excluding steroid dienone is 1. The monoisotopic (exact) mass is 392 g/mol. The summed E-state index contributed by atoms with van der Waals surface area (Å²) in [6.07, 6.45) is 9.28. The molecule has 0 N–H and O–H groups in total. The van der Waals surface area contributed by atoms with E-state index in [1.807, 2.05) is 12.5 Å². The van der Waals surface area contributed by atoms with Crippen LogP contribution in [0.15, 0.2) is 97.5 Å². The van der Waals surface area contributed by atoms with E-state index >= 15 is 0 Å². The van der Waals surface area contributed by atoms with Crippen LogP contribution in [-0.2, 0) is 6.54 Å². The fourth-order valence-electron chi connectivity index (χ4n) is 4.07. The summed E-state index contributed by atoms with van der Waals surface area (Å²) in [5.74, 6) is 0.339. The Hall–Kier alpha value is -3.39. The molecule has 0 aliphatic rings. The molecule has 3 aromatic carbocycles. The van der Waals surface area contributed by atoms with Crippen molar-refractivity contribution >= 4 is 6.08 Å². The van der Waals surface area contributed by atoms with Crippen molar-refractivity contribution in [3.05, 3.63) is 131 Å². The minimum atomic E-state index is 0.339. The molecule has 0 amide bonds. The molecule has 0 aliphatic heterocycles. The highest BCUT2D eigenvalue weighted by atomic mass is 15.0. The van der Waals surface area contributed by atoms with Gasteiger partial charge in [-0.2, -0.15) is 0 Å². The van der Waals surface area contributed by atoms with Gasteiger partial charge in [0.15, 0.2) is 0 Å². The summed E-state index contributed by atoms with van der Waals surface area (Å²) in [5, 5.41) is 0. The number of hydrogen-bond acceptors (Lipinski definition) is 1. The zero-order chi connectivity index (χ0) is 20.8. The van der Waals surface area contributed by atoms with Gasteiger partial charge in [-0.05, 0) is 43.0 Å². The van der Waals surface area contributed by atoms with E-state index in [2.05, 4.69) is 114 Å². The first-order chi connectivity index (χ1) is 14.7. The molecule has 1 heterocycles. The van der Waals surface area contributed by atoms with Gasteiger partial charge in [0.25, 0.3) is 0 Å². The van der Waals surface area contributed by atoms with Crippen molar-refractivity contribution in [2.24, 2.45) is 0 Å². The number of imidazole rings is 1. The Morgan fingerprint density at radius 3 is 2.20 bits per heavy atom. The van der Waals surface area contributed by atoms with Crippen LogP contribution in [0.2, 0.25) is 0 Å². The zero-order valence-electron chi connectivity index (χ0n) is 17.7. The van der Waals surface area contributed by atoms with Gasteiger partial charge in [0.1, 0.15) is 0 Å². The van der Waals surface area contributed by atoms with E-state index in [0.717, 1.165) is 18.7 Å². The van der Waals surface area contributed by atoms with Crippen LogP contribution in [0, 0.1) is 13.8 Å². The van der Waals surface area contributed by atoms with Crippen LogP contribution < -0.4 is 0 Å². The summed E-state index contributed by atoms with van der Waals surface area (Å²) >= 11 is 0. The molecule has 0 radical (unpaired) electrons. The van der Waals surface area contributed by atoms with Crippen molar-refractivity contribution in [3.8, 4) is 0 Å². The quantitative estimate of drug-likeness (QED) is 0.339. The summed E-state index contributed by atoms with van der Waals surface area (Å²) < 4.78 is 2.19. The Morgan fingerprint density at radius 1 is 0.833 bits per heavy atom. The van der Waals surface area contributed by atoms with Gasteiger partial charge in [0.05, 0.1) is 18.2 Å². The highest BCUT2D eigenvalue weighted by Gasteiger charge is 2.13. The molecule has 0 bridgehead atoms. The number of nitrogens with zero attached hydrogens (tertiary/aromatic N) is 2. The lowest BCUT2D eigenvalue weighted by Gasteiger charge is -2.18. The molecule has 0 saturated heterocycles. The molecule has 30 heavy (non-hydrogen) atoms. The fourth-order valence-corrected chi connectivity index (χ4v) is 4.07. The summed E-state index contributed by atoms with van der Waals surface area (Å²) in [6, 6.07) is 28.2. The summed E-state index contributed by atoms with van der Waals surface area (Å²) in [5.41, 5.74) is 7.77. The Balaban J connectivity index is 1.56. The maximum Gasteiger partial charge on any atom is 0.0953 e. The first kappa shape index (κ1) is 19.9. The molecule has 4 aromatic rings. The maximum atomic E-state index is 4.37. The largest absolute Gasteiger partial charge is 0.327 e. The fraction of sp³-hybridized carbons (Fsp3) is 0.179. The minimum Gasteiger partial charge on any atom is -0.327 e. The average molecular weight is 393 g/mol. The Kier molecular flexibility index (Phi) is 6.24. The van der Waals surface area contributed by atoms with Gasteiger partial charge >= 0.3 is 0 Å². The average Bonchev–Trinajstić information content (AvgIpc) is 3.18. The molecular formula is C28H28N2. The highest BCUT2D eigenvalue weighted by Crippen LogP contribution is 2.30. The third-order valence-corrected chi connectivity index (χ3v) is 5.45. The molecule has 1 unspecified atom stereocenters. The van der Waals surface area contributed by atoms with Gasteiger partial charge in [-0.1, -0.05) is 96.1 Å². The van der Waals surface area contributed by atoms with Crippen LogP contribution in [0.3, 0.4) is 0 Å². The van der Waals surface area contributed by atoms with Crippen LogP contribution >= 0.6 is 0 Å². The standard InChI is InChI=1S/C28H28N2/c1-22-16-23(2)18-26(17-22)28(25-12-7-4-8-13-25)15-9-14-27-19-29-21-30(27)20-24-10-5-3-6-11-24/h3-14,16-19,21,28H,15,20H2,1-2H3. The molecule has 1 aromatic heterocycles. The number of aryl methyl sites for hydroxylation is 2. The van der Waals surface area contributed by atoms with Gasteiger partial charge < -0.3 is 4.57 Å². The van der Waals surface area contributed by atoms with Crippen molar-refractivity contribution < 1.29 is 0 Å². The van der Waals surface area contributed by atoms with Gasteiger partial charge in [-0.25, -0.2) is 4.98 Å². The normalized spacial score (nSPS) is 12.3. The Bertz CT molecular complexity index is 1090. The number of rotatable bonds is 7. The molecule has 0 fully saturated rings. The number of aromatic nitrogens is 2. The highest BCUT2D eigenvalue weighted by molar-refractivity contribution is 5.46. The third-order valence-electron chi connectivity index (χ3n) is 5.45. The van der Waals surface area contributed by atoms with Gasteiger partial charge in [-0.15, -0.1) is 0 Å². The molecule has 4 rings (SSSR count). The topological polar surface area (TPSA) is 17.8 Å². The lowest BCUT2D eigenvalue weighted by atomic mass is 9.87. The summed E-state index contributed by atoms with van der Waals surface area (Å²) in [7, 11) is 0. The van der Waals surface area contributed by atoms with E-state index in [-0.39, 0.29) is 0 Å². The zero-order valence-corrected chi connectivity index (χ0v) is 17.7. The lowest BCUT2D eigenvalue weighted by Crippen LogP contribution is -2.02. The van der Waals surface area contributed by atoms with Crippen molar-refractivity contribution in [2.45, 2.75) is 32.7 Å². The maximum absolute atomic E-state index is 4.37. The van der Waals surface area contributed by atoms with E-state index in [4.69, 9.17) is 0 Å². The van der Waals surface area contributed by atoms with E-state index in [1.165, 1.54) is 27.8 Å². The first-order valence-electron chi connectivity index (χ1n) is 10.5. The van der Waals surface area contributed by atoms with Gasteiger partial charge in [0.2, 0.25) is 0 Å². The number of benzene rings is 3. The second kappa shape index (κ2) is 9.41.